The first-order chi connectivity index (χ1) is 11.2. The number of methoxy groups -OCH3 is 1. The van der Waals surface area contributed by atoms with E-state index in [0.29, 0.717) is 17.9 Å². The van der Waals surface area contributed by atoms with Crippen LogP contribution in [0, 0.1) is 0 Å². The van der Waals surface area contributed by atoms with Gasteiger partial charge in [-0.2, -0.15) is 5.10 Å². The maximum Gasteiger partial charge on any atom is 0.240 e. The maximum absolute atomic E-state index is 11.8. The van der Waals surface area contributed by atoms with E-state index >= 15 is 0 Å². The van der Waals surface area contributed by atoms with E-state index in [-0.39, 0.29) is 5.91 Å². The van der Waals surface area contributed by atoms with Gasteiger partial charge in [0, 0.05) is 27.1 Å². The molecule has 0 fully saturated rings. The van der Waals surface area contributed by atoms with Gasteiger partial charge in [0.1, 0.15) is 5.75 Å². The van der Waals surface area contributed by atoms with Crippen molar-refractivity contribution >= 4 is 39.8 Å². The molecule has 0 aliphatic heterocycles. The summed E-state index contributed by atoms with van der Waals surface area (Å²) in [6, 6.07) is 15.6. The molecule has 0 aliphatic rings. The van der Waals surface area contributed by atoms with Crippen molar-refractivity contribution in [3.63, 3.8) is 0 Å². The van der Waals surface area contributed by atoms with Gasteiger partial charge in [0.2, 0.25) is 5.91 Å². The van der Waals surface area contributed by atoms with Crippen LogP contribution in [0.5, 0.6) is 5.75 Å². The number of rotatable bonds is 7. The van der Waals surface area contributed by atoms with E-state index in [1.165, 1.54) is 0 Å². The number of hydrogen-bond donors (Lipinski definition) is 1. The minimum atomic E-state index is -0.112. The molecule has 0 atom stereocenters. The van der Waals surface area contributed by atoms with Crippen LogP contribution in [0.25, 0.3) is 0 Å². The van der Waals surface area contributed by atoms with Crippen LogP contribution in [0.1, 0.15) is 12.0 Å². The number of halogens is 1. The van der Waals surface area contributed by atoms with E-state index in [4.69, 9.17) is 4.74 Å². The largest absolute Gasteiger partial charge is 0.496 e. The number of hydrogen-bond acceptors (Lipinski definition) is 4. The smallest absolute Gasteiger partial charge is 0.240 e. The van der Waals surface area contributed by atoms with E-state index < -0.39 is 0 Å². The lowest BCUT2D eigenvalue weighted by atomic mass is 10.2. The van der Waals surface area contributed by atoms with Gasteiger partial charge in [-0.25, -0.2) is 5.43 Å². The molecule has 6 heteroatoms. The van der Waals surface area contributed by atoms with Gasteiger partial charge < -0.3 is 4.74 Å². The molecule has 0 heterocycles. The summed E-state index contributed by atoms with van der Waals surface area (Å²) in [5.41, 5.74) is 3.33. The van der Waals surface area contributed by atoms with Crippen LogP contribution < -0.4 is 10.2 Å². The standard InChI is InChI=1S/C17H17BrN2O2S/c1-22-16-8-7-14(18)11-13(16)12-19-20-17(21)9-10-23-15-5-3-2-4-6-15/h2-8,11-12H,9-10H2,1H3,(H,20,21). The van der Waals surface area contributed by atoms with Crippen LogP contribution in [0.15, 0.2) is 63.0 Å². The molecule has 1 amide bonds. The predicted octanol–water partition coefficient (Wildman–Crippen LogP) is 4.09. The Bertz CT molecular complexity index is 678. The second kappa shape index (κ2) is 9.37. The van der Waals surface area contributed by atoms with Crippen LogP contribution in [0.4, 0.5) is 0 Å². The SMILES string of the molecule is COc1ccc(Br)cc1C=NNC(=O)CCSc1ccccc1. The average molecular weight is 393 g/mol. The van der Waals surface area contributed by atoms with Gasteiger partial charge >= 0.3 is 0 Å². The van der Waals surface area contributed by atoms with Gasteiger partial charge in [0.15, 0.2) is 0 Å². The molecule has 4 nitrogen and oxygen atoms in total. The monoisotopic (exact) mass is 392 g/mol. The highest BCUT2D eigenvalue weighted by Gasteiger charge is 2.03. The minimum Gasteiger partial charge on any atom is -0.496 e. The molecular weight excluding hydrogens is 376 g/mol. The fourth-order valence-electron chi connectivity index (χ4n) is 1.81. The predicted molar refractivity (Wildman–Crippen MR) is 98.2 cm³/mol. The third-order valence-corrected chi connectivity index (χ3v) is 4.43. The summed E-state index contributed by atoms with van der Waals surface area (Å²) in [6.45, 7) is 0. The molecule has 0 aliphatic carbocycles. The van der Waals surface area contributed by atoms with Crippen LogP contribution in [0.2, 0.25) is 0 Å². The van der Waals surface area contributed by atoms with E-state index in [9.17, 15) is 4.79 Å². The molecule has 0 saturated carbocycles. The van der Waals surface area contributed by atoms with Crippen molar-refractivity contribution in [2.75, 3.05) is 12.9 Å². The summed E-state index contributed by atoms with van der Waals surface area (Å²) >= 11 is 5.04. The van der Waals surface area contributed by atoms with Gasteiger partial charge in [-0.05, 0) is 30.3 Å². The molecule has 120 valence electrons. The number of nitrogens with zero attached hydrogens (tertiary/aromatic N) is 1. The van der Waals surface area contributed by atoms with Gasteiger partial charge in [0.05, 0.1) is 13.3 Å². The lowest BCUT2D eigenvalue weighted by molar-refractivity contribution is -0.120. The van der Waals surface area contributed by atoms with E-state index in [1.807, 2.05) is 48.5 Å². The summed E-state index contributed by atoms with van der Waals surface area (Å²) < 4.78 is 6.17. The Balaban J connectivity index is 1.79. The highest BCUT2D eigenvalue weighted by molar-refractivity contribution is 9.10. The molecule has 0 bridgehead atoms. The van der Waals surface area contributed by atoms with Crippen molar-refractivity contribution in [2.24, 2.45) is 5.10 Å². The van der Waals surface area contributed by atoms with Crippen LogP contribution >= 0.6 is 27.7 Å². The lowest BCUT2D eigenvalue weighted by Gasteiger charge is -2.04. The van der Waals surface area contributed by atoms with Crippen molar-refractivity contribution in [1.82, 2.24) is 5.43 Å². The number of ether oxygens (including phenoxy) is 1. The Kier molecular flexibility index (Phi) is 7.16. The maximum atomic E-state index is 11.8. The highest BCUT2D eigenvalue weighted by Crippen LogP contribution is 2.21. The summed E-state index contributed by atoms with van der Waals surface area (Å²) in [4.78, 5) is 12.9. The van der Waals surface area contributed by atoms with Crippen molar-refractivity contribution in [2.45, 2.75) is 11.3 Å². The molecule has 0 radical (unpaired) electrons. The van der Waals surface area contributed by atoms with Crippen molar-refractivity contribution < 1.29 is 9.53 Å². The number of benzene rings is 2. The molecule has 0 aromatic heterocycles. The van der Waals surface area contributed by atoms with Gasteiger partial charge in [-0.1, -0.05) is 34.1 Å². The number of nitrogens with one attached hydrogen (secondary N) is 1. The van der Waals surface area contributed by atoms with Gasteiger partial charge in [-0.15, -0.1) is 11.8 Å². The van der Waals surface area contributed by atoms with Crippen LogP contribution in [0.3, 0.4) is 0 Å². The third kappa shape index (κ3) is 6.08. The Morgan fingerprint density at radius 3 is 2.83 bits per heavy atom. The molecule has 0 unspecified atom stereocenters. The Morgan fingerprint density at radius 2 is 2.09 bits per heavy atom. The first-order valence-corrected chi connectivity index (χ1v) is 8.80. The molecule has 2 aromatic rings. The Hall–Kier alpha value is -1.79. The van der Waals surface area contributed by atoms with Gasteiger partial charge in [0.25, 0.3) is 0 Å². The molecule has 0 spiro atoms. The van der Waals surface area contributed by atoms with Crippen molar-refractivity contribution in [1.29, 1.82) is 0 Å². The minimum absolute atomic E-state index is 0.112. The number of hydrazone groups is 1. The molecule has 2 rings (SSSR count). The second-order valence-corrected chi connectivity index (χ2v) is 6.67. The topological polar surface area (TPSA) is 50.7 Å². The summed E-state index contributed by atoms with van der Waals surface area (Å²) in [7, 11) is 1.60. The van der Waals surface area contributed by atoms with Crippen molar-refractivity contribution in [3.8, 4) is 5.75 Å². The number of carbonyl (C=O) groups excluding carboxylic acids is 1. The zero-order chi connectivity index (χ0) is 16.5. The first-order valence-electron chi connectivity index (χ1n) is 7.02. The Morgan fingerprint density at radius 1 is 1.30 bits per heavy atom. The summed E-state index contributed by atoms with van der Waals surface area (Å²) in [5, 5.41) is 3.98. The lowest BCUT2D eigenvalue weighted by Crippen LogP contribution is -2.17. The molecule has 23 heavy (non-hydrogen) atoms. The summed E-state index contributed by atoms with van der Waals surface area (Å²) in [6.07, 6.45) is 1.98. The zero-order valence-corrected chi connectivity index (χ0v) is 15.1. The third-order valence-electron chi connectivity index (χ3n) is 2.93. The van der Waals surface area contributed by atoms with E-state index in [2.05, 4.69) is 26.5 Å². The number of amides is 1. The summed E-state index contributed by atoms with van der Waals surface area (Å²) in [5.74, 6) is 1.30. The second-order valence-electron chi connectivity index (χ2n) is 4.59. The molecular formula is C17H17BrN2O2S. The highest BCUT2D eigenvalue weighted by atomic mass is 79.9. The molecule has 1 N–H and O–H groups in total. The van der Waals surface area contributed by atoms with Crippen LogP contribution in [-0.4, -0.2) is 25.0 Å². The number of carbonyl (C=O) groups is 1. The number of thioether (sulfide) groups is 1. The Labute approximate surface area is 148 Å². The van der Waals surface area contributed by atoms with Gasteiger partial charge in [-0.3, -0.25) is 4.79 Å². The first kappa shape index (κ1) is 17.6. The normalized spacial score (nSPS) is 10.7. The van der Waals surface area contributed by atoms with Crippen molar-refractivity contribution in [3.05, 3.63) is 58.6 Å². The quantitative estimate of drug-likeness (QED) is 0.438. The van der Waals surface area contributed by atoms with E-state index in [1.54, 1.807) is 25.1 Å². The fraction of sp³-hybridized carbons (Fsp3) is 0.176. The zero-order valence-electron chi connectivity index (χ0n) is 12.7. The molecule has 2 aromatic carbocycles. The average Bonchev–Trinajstić information content (AvgIpc) is 2.56. The fourth-order valence-corrected chi connectivity index (χ4v) is 3.07. The van der Waals surface area contributed by atoms with Crippen LogP contribution in [-0.2, 0) is 4.79 Å². The molecule has 0 saturated heterocycles. The van der Waals surface area contributed by atoms with E-state index in [0.717, 1.165) is 14.9 Å².